The molecular weight excluding hydrogens is 268 g/mol. The molecule has 0 unspecified atom stereocenters. The van der Waals surface area contributed by atoms with Crippen LogP contribution in [0.2, 0.25) is 0 Å². The van der Waals surface area contributed by atoms with Crippen LogP contribution in [0.4, 0.5) is 0 Å². The van der Waals surface area contributed by atoms with E-state index >= 15 is 0 Å². The molecule has 0 heterocycles. The molecule has 0 aliphatic rings. The van der Waals surface area contributed by atoms with Gasteiger partial charge in [-0.3, -0.25) is 0 Å². The molecule has 0 atom stereocenters. The second-order valence-corrected chi connectivity index (χ2v) is 4.69. The van der Waals surface area contributed by atoms with Crippen molar-refractivity contribution in [3.8, 4) is 5.75 Å². The van der Waals surface area contributed by atoms with Crippen LogP contribution in [0.15, 0.2) is 60.7 Å². The normalized spacial score (nSPS) is 10.7. The van der Waals surface area contributed by atoms with Crippen LogP contribution in [0.25, 0.3) is 0 Å². The predicted molar refractivity (Wildman–Crippen MR) is 67.8 cm³/mol. The van der Waals surface area contributed by atoms with E-state index in [1.807, 2.05) is 0 Å². The van der Waals surface area contributed by atoms with Crippen LogP contribution in [0.1, 0.15) is 10.4 Å². The quantitative estimate of drug-likeness (QED) is 0.857. The SMILES string of the molecule is O=C(OS(=O)(=O)Oc1ccccc1)c1ccccc1. The highest BCUT2D eigenvalue weighted by atomic mass is 32.3. The Kier molecular flexibility index (Phi) is 3.82. The Labute approximate surface area is 110 Å². The Morgan fingerprint density at radius 2 is 1.37 bits per heavy atom. The molecule has 0 saturated carbocycles. The molecule has 0 radical (unpaired) electrons. The first-order chi connectivity index (χ1) is 9.07. The van der Waals surface area contributed by atoms with Crippen LogP contribution in [0.3, 0.4) is 0 Å². The summed E-state index contributed by atoms with van der Waals surface area (Å²) >= 11 is 0. The molecule has 2 aromatic carbocycles. The molecule has 0 amide bonds. The summed E-state index contributed by atoms with van der Waals surface area (Å²) in [5.74, 6) is -0.917. The Hall–Kier alpha value is -2.34. The van der Waals surface area contributed by atoms with E-state index in [-0.39, 0.29) is 11.3 Å². The number of carbonyl (C=O) groups is 1. The molecule has 0 aliphatic heterocycles. The zero-order chi connectivity index (χ0) is 13.7. The molecule has 6 heteroatoms. The van der Waals surface area contributed by atoms with E-state index in [0.717, 1.165) is 0 Å². The summed E-state index contributed by atoms with van der Waals surface area (Å²) in [6, 6.07) is 15.6. The van der Waals surface area contributed by atoms with Crippen molar-refractivity contribution >= 4 is 16.4 Å². The van der Waals surface area contributed by atoms with Gasteiger partial charge >= 0.3 is 16.4 Å². The lowest BCUT2D eigenvalue weighted by Gasteiger charge is -2.06. The molecule has 2 aromatic rings. The van der Waals surface area contributed by atoms with E-state index < -0.39 is 16.4 Å². The van der Waals surface area contributed by atoms with Gasteiger partial charge in [0.1, 0.15) is 5.75 Å². The molecule has 5 nitrogen and oxygen atoms in total. The van der Waals surface area contributed by atoms with Gasteiger partial charge < -0.3 is 8.37 Å². The fraction of sp³-hybridized carbons (Fsp3) is 0. The van der Waals surface area contributed by atoms with Gasteiger partial charge in [-0.05, 0) is 24.3 Å². The Balaban J connectivity index is 2.08. The van der Waals surface area contributed by atoms with Gasteiger partial charge in [-0.1, -0.05) is 36.4 Å². The van der Waals surface area contributed by atoms with Crippen molar-refractivity contribution in [1.82, 2.24) is 0 Å². The van der Waals surface area contributed by atoms with E-state index in [2.05, 4.69) is 8.37 Å². The zero-order valence-corrected chi connectivity index (χ0v) is 10.5. The molecule has 19 heavy (non-hydrogen) atoms. The number of carbonyl (C=O) groups excluding carboxylic acids is 1. The molecule has 0 saturated heterocycles. The molecule has 0 N–H and O–H groups in total. The van der Waals surface area contributed by atoms with Gasteiger partial charge in [0.2, 0.25) is 0 Å². The molecule has 0 fully saturated rings. The maximum Gasteiger partial charge on any atom is 0.503 e. The fourth-order valence-electron chi connectivity index (χ4n) is 1.33. The lowest BCUT2D eigenvalue weighted by atomic mass is 10.2. The van der Waals surface area contributed by atoms with E-state index in [9.17, 15) is 13.2 Å². The molecule has 98 valence electrons. The van der Waals surface area contributed by atoms with Crippen molar-refractivity contribution in [2.45, 2.75) is 0 Å². The highest BCUT2D eigenvalue weighted by molar-refractivity contribution is 7.82. The Bertz CT molecular complexity index is 650. The largest absolute Gasteiger partial charge is 0.503 e. The summed E-state index contributed by atoms with van der Waals surface area (Å²) in [7, 11) is -4.43. The predicted octanol–water partition coefficient (Wildman–Crippen LogP) is 2.17. The van der Waals surface area contributed by atoms with Crippen LogP contribution < -0.4 is 4.18 Å². The number of hydrogen-bond acceptors (Lipinski definition) is 5. The first kappa shape index (κ1) is 13.1. The van der Waals surface area contributed by atoms with E-state index in [1.165, 1.54) is 24.3 Å². The standard InChI is InChI=1S/C13H10O5S/c14-13(11-7-3-1-4-8-11)18-19(15,16)17-12-9-5-2-6-10-12/h1-10H. The molecule has 0 spiro atoms. The van der Waals surface area contributed by atoms with Crippen molar-refractivity contribution in [3.63, 3.8) is 0 Å². The van der Waals surface area contributed by atoms with E-state index in [4.69, 9.17) is 0 Å². The first-order valence-corrected chi connectivity index (χ1v) is 6.68. The topological polar surface area (TPSA) is 69.7 Å². The van der Waals surface area contributed by atoms with Crippen molar-refractivity contribution in [2.75, 3.05) is 0 Å². The minimum atomic E-state index is -4.43. The minimum absolute atomic E-state index is 0.0726. The van der Waals surface area contributed by atoms with E-state index in [0.29, 0.717) is 0 Å². The fourth-order valence-corrected chi connectivity index (χ4v) is 1.99. The number of para-hydroxylation sites is 1. The highest BCUT2D eigenvalue weighted by Crippen LogP contribution is 2.13. The van der Waals surface area contributed by atoms with Crippen molar-refractivity contribution in [1.29, 1.82) is 0 Å². The molecule has 0 aliphatic carbocycles. The minimum Gasteiger partial charge on any atom is -0.353 e. The Morgan fingerprint density at radius 3 is 1.95 bits per heavy atom. The molecular formula is C13H10O5S. The third-order valence-electron chi connectivity index (χ3n) is 2.13. The smallest absolute Gasteiger partial charge is 0.353 e. The average molecular weight is 278 g/mol. The summed E-state index contributed by atoms with van der Waals surface area (Å²) < 4.78 is 32.0. The summed E-state index contributed by atoms with van der Waals surface area (Å²) in [5.41, 5.74) is 0.128. The van der Waals surface area contributed by atoms with Gasteiger partial charge in [-0.15, -0.1) is 8.42 Å². The van der Waals surface area contributed by atoms with Crippen LogP contribution in [0, 0.1) is 0 Å². The molecule has 0 aromatic heterocycles. The van der Waals surface area contributed by atoms with Crippen molar-refractivity contribution in [3.05, 3.63) is 66.2 Å². The van der Waals surface area contributed by atoms with Gasteiger partial charge in [-0.25, -0.2) is 4.79 Å². The second-order valence-electron chi connectivity index (χ2n) is 3.54. The van der Waals surface area contributed by atoms with E-state index in [1.54, 1.807) is 36.4 Å². The van der Waals surface area contributed by atoms with Gasteiger partial charge in [0.25, 0.3) is 0 Å². The zero-order valence-electron chi connectivity index (χ0n) is 9.72. The van der Waals surface area contributed by atoms with Crippen LogP contribution in [-0.4, -0.2) is 14.4 Å². The number of rotatable bonds is 4. The lowest BCUT2D eigenvalue weighted by molar-refractivity contribution is 0.0730. The second kappa shape index (κ2) is 5.53. The highest BCUT2D eigenvalue weighted by Gasteiger charge is 2.20. The van der Waals surface area contributed by atoms with Gasteiger partial charge in [-0.2, -0.15) is 0 Å². The molecule has 2 rings (SSSR count). The summed E-state index contributed by atoms with van der Waals surface area (Å²) in [5, 5.41) is 0. The Morgan fingerprint density at radius 1 is 0.842 bits per heavy atom. The molecule has 0 bridgehead atoms. The monoisotopic (exact) mass is 278 g/mol. The third-order valence-corrected chi connectivity index (χ3v) is 2.88. The lowest BCUT2D eigenvalue weighted by Crippen LogP contribution is -2.18. The van der Waals surface area contributed by atoms with Crippen molar-refractivity contribution < 1.29 is 21.6 Å². The maximum absolute atomic E-state index is 11.6. The average Bonchev–Trinajstić information content (AvgIpc) is 2.39. The number of benzene rings is 2. The van der Waals surface area contributed by atoms with Crippen LogP contribution in [-0.2, 0) is 14.6 Å². The number of hydrogen-bond donors (Lipinski definition) is 0. The maximum atomic E-state index is 11.6. The van der Waals surface area contributed by atoms with Crippen molar-refractivity contribution in [2.24, 2.45) is 0 Å². The van der Waals surface area contributed by atoms with Crippen LogP contribution in [0.5, 0.6) is 5.75 Å². The van der Waals surface area contributed by atoms with Gasteiger partial charge in [0.05, 0.1) is 5.56 Å². The van der Waals surface area contributed by atoms with Gasteiger partial charge in [0, 0.05) is 0 Å². The summed E-state index contributed by atoms with van der Waals surface area (Å²) in [6.07, 6.45) is 0. The first-order valence-electron chi connectivity index (χ1n) is 5.35. The third kappa shape index (κ3) is 3.82. The summed E-state index contributed by atoms with van der Waals surface area (Å²) in [4.78, 5) is 11.6. The van der Waals surface area contributed by atoms with Crippen LogP contribution >= 0.6 is 0 Å². The van der Waals surface area contributed by atoms with Gasteiger partial charge in [0.15, 0.2) is 0 Å². The summed E-state index contributed by atoms with van der Waals surface area (Å²) in [6.45, 7) is 0.